The Morgan fingerprint density at radius 3 is 2.86 bits per heavy atom. The average Bonchev–Trinajstić information content (AvgIpc) is 2.67. The number of nitrogens with two attached hydrogens (primary N) is 1. The number of allylic oxidation sites excluding steroid dienone is 7. The summed E-state index contributed by atoms with van der Waals surface area (Å²) in [5.41, 5.74) is 9.52. The molecule has 0 aromatic rings. The second-order valence-corrected chi connectivity index (χ2v) is 5.74. The Morgan fingerprint density at radius 2 is 2.19 bits per heavy atom. The van der Waals surface area contributed by atoms with Gasteiger partial charge in [0.2, 0.25) is 5.91 Å². The van der Waals surface area contributed by atoms with Gasteiger partial charge in [-0.25, -0.2) is 0 Å². The zero-order valence-corrected chi connectivity index (χ0v) is 13.5. The van der Waals surface area contributed by atoms with Crippen LogP contribution in [-0.2, 0) is 4.79 Å². The Hall–Kier alpha value is -1.23. The summed E-state index contributed by atoms with van der Waals surface area (Å²) < 4.78 is 0. The topological polar surface area (TPSA) is 67.5 Å². The lowest BCUT2D eigenvalue weighted by Crippen LogP contribution is -2.32. The third-order valence-electron chi connectivity index (χ3n) is 3.10. The third-order valence-corrected chi connectivity index (χ3v) is 3.93. The molecular formula is C14H16Cl3N3O. The summed E-state index contributed by atoms with van der Waals surface area (Å²) in [5, 5.41) is 4.84. The molecule has 1 aliphatic heterocycles. The number of nitrogens with one attached hydrogen (secondary N) is 1. The molecule has 114 valence electrons. The summed E-state index contributed by atoms with van der Waals surface area (Å²) in [7, 11) is 0. The lowest BCUT2D eigenvalue weighted by molar-refractivity contribution is -0.117. The first-order valence-corrected chi connectivity index (χ1v) is 6.98. The van der Waals surface area contributed by atoms with Crippen molar-refractivity contribution < 1.29 is 4.79 Å². The van der Waals surface area contributed by atoms with E-state index >= 15 is 0 Å². The van der Waals surface area contributed by atoms with E-state index in [2.05, 4.69) is 10.5 Å². The molecule has 21 heavy (non-hydrogen) atoms. The van der Waals surface area contributed by atoms with Crippen molar-refractivity contribution >= 4 is 47.2 Å². The monoisotopic (exact) mass is 347 g/mol. The number of hydrazone groups is 1. The van der Waals surface area contributed by atoms with Gasteiger partial charge < -0.3 is 5.73 Å². The summed E-state index contributed by atoms with van der Waals surface area (Å²) in [4.78, 5) is 10.0. The van der Waals surface area contributed by atoms with Gasteiger partial charge in [-0.2, -0.15) is 5.10 Å². The van der Waals surface area contributed by atoms with Gasteiger partial charge in [0.1, 0.15) is 4.87 Å². The van der Waals surface area contributed by atoms with E-state index in [-0.39, 0.29) is 24.7 Å². The van der Waals surface area contributed by atoms with E-state index in [0.717, 1.165) is 5.57 Å². The van der Waals surface area contributed by atoms with E-state index in [9.17, 15) is 4.79 Å². The molecule has 7 heteroatoms. The van der Waals surface area contributed by atoms with Gasteiger partial charge in [-0.3, -0.25) is 10.2 Å². The van der Waals surface area contributed by atoms with Crippen LogP contribution in [0.2, 0.25) is 0 Å². The molecule has 0 aromatic carbocycles. The van der Waals surface area contributed by atoms with Crippen molar-refractivity contribution in [3.63, 3.8) is 0 Å². The molecule has 2 aliphatic rings. The number of carbonyl (C=O) groups excluding carboxylic acids is 1. The number of hydrogen-bond donors (Lipinski definition) is 2. The predicted molar refractivity (Wildman–Crippen MR) is 89.7 cm³/mol. The minimum atomic E-state index is -0.775. The average molecular weight is 349 g/mol. The minimum Gasteiger partial charge on any atom is -0.370 e. The van der Waals surface area contributed by atoms with Gasteiger partial charge in [0.05, 0.1) is 5.71 Å². The first kappa shape index (κ1) is 17.8. The molecule has 1 amide bonds. The van der Waals surface area contributed by atoms with Gasteiger partial charge in [-0.05, 0) is 24.1 Å². The summed E-state index contributed by atoms with van der Waals surface area (Å²) in [6.07, 6.45) is 12.2. The Balaban J connectivity index is 0.00000220. The van der Waals surface area contributed by atoms with Crippen LogP contribution < -0.4 is 11.2 Å². The lowest BCUT2D eigenvalue weighted by Gasteiger charge is -2.27. The fourth-order valence-electron chi connectivity index (χ4n) is 2.00. The number of amides is 1. The molecule has 1 aliphatic carbocycles. The fourth-order valence-corrected chi connectivity index (χ4v) is 2.73. The lowest BCUT2D eigenvalue weighted by atomic mass is 9.89. The van der Waals surface area contributed by atoms with Gasteiger partial charge in [0.25, 0.3) is 0 Å². The summed E-state index contributed by atoms with van der Waals surface area (Å²) in [6, 6.07) is 0. The smallest absolute Gasteiger partial charge is 0.217 e. The van der Waals surface area contributed by atoms with E-state index in [4.69, 9.17) is 28.9 Å². The molecule has 1 heterocycles. The molecule has 0 aromatic heterocycles. The Bertz CT molecular complexity index is 564. The largest absolute Gasteiger partial charge is 0.370 e. The zero-order valence-electron chi connectivity index (χ0n) is 11.2. The van der Waals surface area contributed by atoms with Crippen molar-refractivity contribution in [1.82, 2.24) is 5.43 Å². The van der Waals surface area contributed by atoms with Crippen molar-refractivity contribution in [3.8, 4) is 0 Å². The second-order valence-electron chi connectivity index (χ2n) is 4.61. The van der Waals surface area contributed by atoms with Gasteiger partial charge >= 0.3 is 0 Å². The van der Waals surface area contributed by atoms with Gasteiger partial charge in [-0.1, -0.05) is 29.8 Å². The van der Waals surface area contributed by atoms with Crippen molar-refractivity contribution in [2.24, 2.45) is 10.8 Å². The van der Waals surface area contributed by atoms with E-state index in [0.29, 0.717) is 23.6 Å². The first-order chi connectivity index (χ1) is 9.51. The van der Waals surface area contributed by atoms with Gasteiger partial charge in [0, 0.05) is 24.1 Å². The van der Waals surface area contributed by atoms with Crippen molar-refractivity contribution in [3.05, 3.63) is 47.2 Å². The molecule has 1 unspecified atom stereocenters. The number of hydrogen-bond acceptors (Lipinski definition) is 3. The fraction of sp³-hybridized carbons (Fsp3) is 0.286. The summed E-state index contributed by atoms with van der Waals surface area (Å²) in [6.45, 7) is 0. The van der Waals surface area contributed by atoms with E-state index < -0.39 is 4.87 Å². The third kappa shape index (κ3) is 4.63. The van der Waals surface area contributed by atoms with Crippen LogP contribution >= 0.6 is 35.6 Å². The number of alkyl halides is 1. The highest BCUT2D eigenvalue weighted by Crippen LogP contribution is 2.37. The zero-order chi connectivity index (χ0) is 14.6. The maximum absolute atomic E-state index is 10.8. The van der Waals surface area contributed by atoms with Crippen molar-refractivity contribution in [1.29, 1.82) is 0 Å². The van der Waals surface area contributed by atoms with E-state index in [1.807, 2.05) is 30.4 Å². The van der Waals surface area contributed by atoms with Crippen LogP contribution in [0.3, 0.4) is 0 Å². The molecule has 1 atom stereocenters. The number of nitrogens with zero attached hydrogens (tertiary/aromatic N) is 1. The second kappa shape index (κ2) is 7.69. The predicted octanol–water partition coefficient (Wildman–Crippen LogP) is 3.13. The summed E-state index contributed by atoms with van der Waals surface area (Å²) in [5.74, 6) is -0.343. The standard InChI is InChI=1S/C14H15Cl2N3O.ClH/c15-11-9-14(16,12-3-1-2-8-18-19-12)7-6-10(11)4-5-13(17)20;/h1-3,6-8,18H,4-5,9H2,(H2,17,20);1H. The molecule has 2 rings (SSSR count). The highest BCUT2D eigenvalue weighted by molar-refractivity contribution is 6.41. The minimum absolute atomic E-state index is 0. The summed E-state index contributed by atoms with van der Waals surface area (Å²) >= 11 is 12.9. The molecule has 3 N–H and O–H groups in total. The molecule has 0 saturated heterocycles. The van der Waals surface area contributed by atoms with E-state index in [1.54, 1.807) is 6.20 Å². The van der Waals surface area contributed by atoms with Crippen LogP contribution in [0.5, 0.6) is 0 Å². The van der Waals surface area contributed by atoms with Crippen molar-refractivity contribution in [2.75, 3.05) is 0 Å². The van der Waals surface area contributed by atoms with Crippen LogP contribution in [0.15, 0.2) is 52.3 Å². The van der Waals surface area contributed by atoms with Crippen LogP contribution in [0.1, 0.15) is 19.3 Å². The molecule has 0 spiro atoms. The van der Waals surface area contributed by atoms with Crippen molar-refractivity contribution in [2.45, 2.75) is 24.1 Å². The highest BCUT2D eigenvalue weighted by atomic mass is 35.5. The van der Waals surface area contributed by atoms with Crippen LogP contribution in [-0.4, -0.2) is 16.5 Å². The van der Waals surface area contributed by atoms with E-state index in [1.165, 1.54) is 0 Å². The first-order valence-electron chi connectivity index (χ1n) is 6.22. The quantitative estimate of drug-likeness (QED) is 0.766. The number of rotatable bonds is 4. The molecule has 0 saturated carbocycles. The van der Waals surface area contributed by atoms with Crippen LogP contribution in [0.25, 0.3) is 0 Å². The Labute approximate surface area is 139 Å². The number of halogens is 3. The molecule has 0 radical (unpaired) electrons. The molecule has 0 bridgehead atoms. The van der Waals surface area contributed by atoms with Crippen LogP contribution in [0, 0.1) is 0 Å². The maximum Gasteiger partial charge on any atom is 0.217 e. The number of carbonyl (C=O) groups is 1. The SMILES string of the molecule is Cl.NC(=O)CCC1=C(Cl)CC(Cl)(C2=NNC=CC=C2)C=C1. The molecular weight excluding hydrogens is 333 g/mol. The number of primary amides is 1. The maximum atomic E-state index is 10.8. The highest BCUT2D eigenvalue weighted by Gasteiger charge is 2.33. The molecule has 4 nitrogen and oxygen atoms in total. The molecule has 0 fully saturated rings. The Kier molecular flexibility index (Phi) is 6.52. The van der Waals surface area contributed by atoms with Gasteiger partial charge in [-0.15, -0.1) is 24.0 Å². The van der Waals surface area contributed by atoms with Gasteiger partial charge in [0.15, 0.2) is 0 Å². The van der Waals surface area contributed by atoms with Crippen LogP contribution in [0.4, 0.5) is 0 Å². The Morgan fingerprint density at radius 1 is 1.43 bits per heavy atom. The normalized spacial score (nSPS) is 24.0.